The normalized spacial score (nSPS) is 30.9. The first-order chi connectivity index (χ1) is 17.9. The average molecular weight is 529 g/mol. The van der Waals surface area contributed by atoms with Crippen molar-refractivity contribution in [1.29, 1.82) is 0 Å². The van der Waals surface area contributed by atoms with Crippen molar-refractivity contribution in [3.63, 3.8) is 0 Å². The summed E-state index contributed by atoms with van der Waals surface area (Å²) in [4.78, 5) is 23.4. The largest absolute Gasteiger partial charge is 0.461 e. The summed E-state index contributed by atoms with van der Waals surface area (Å²) in [5.74, 6) is -0.952. The number of hydrogen-bond acceptors (Lipinski definition) is 6. The van der Waals surface area contributed by atoms with Crippen LogP contribution >= 0.6 is 0 Å². The van der Waals surface area contributed by atoms with Gasteiger partial charge in [-0.05, 0) is 96.1 Å². The van der Waals surface area contributed by atoms with E-state index in [1.54, 1.807) is 13.8 Å². The second kappa shape index (κ2) is 14.2. The van der Waals surface area contributed by atoms with Crippen LogP contribution in [0, 0.1) is 17.3 Å². The molecule has 2 saturated carbocycles. The Morgan fingerprint density at radius 3 is 2.53 bits per heavy atom. The van der Waals surface area contributed by atoms with Gasteiger partial charge >= 0.3 is 5.97 Å². The van der Waals surface area contributed by atoms with Gasteiger partial charge in [0.2, 0.25) is 0 Å². The molecule has 3 N–H and O–H groups in total. The van der Waals surface area contributed by atoms with Crippen LogP contribution in [0.15, 0.2) is 58.7 Å². The molecule has 5 atom stereocenters. The zero-order valence-corrected chi connectivity index (χ0v) is 24.0. The maximum Gasteiger partial charge on any atom is 0.302 e. The van der Waals surface area contributed by atoms with E-state index in [4.69, 9.17) is 4.74 Å². The molecule has 1 spiro atoms. The Morgan fingerprint density at radius 2 is 1.92 bits per heavy atom. The van der Waals surface area contributed by atoms with Crippen LogP contribution in [0.3, 0.4) is 0 Å². The maximum atomic E-state index is 12.0. The molecule has 0 amide bonds. The fourth-order valence-electron chi connectivity index (χ4n) is 6.56. The van der Waals surface area contributed by atoms with Crippen molar-refractivity contribution >= 4 is 12.3 Å². The van der Waals surface area contributed by atoms with E-state index < -0.39 is 23.1 Å². The molecule has 0 aromatic rings. The Labute approximate surface area is 228 Å². The monoisotopic (exact) mass is 528 g/mol. The SMILES string of the molecule is C=C(/C=C/C=C(/COC(C)=O)[C@@H]1CC[C@]2([C@H](CCCO)/C(=C(\C)C=O)CC[C@@]2(C)O)[C@@H]1O)CCC=C(C)C. The van der Waals surface area contributed by atoms with Crippen molar-refractivity contribution in [2.45, 2.75) is 97.7 Å². The van der Waals surface area contributed by atoms with Crippen LogP contribution in [0.25, 0.3) is 0 Å². The number of carbonyl (C=O) groups excluding carboxylic acids is 2. The van der Waals surface area contributed by atoms with Gasteiger partial charge in [0, 0.05) is 24.9 Å². The van der Waals surface area contributed by atoms with E-state index in [0.717, 1.165) is 35.8 Å². The number of aliphatic hydroxyl groups is 3. The minimum atomic E-state index is -1.16. The highest BCUT2D eigenvalue weighted by Gasteiger charge is 2.64. The summed E-state index contributed by atoms with van der Waals surface area (Å²) in [6.45, 7) is 13.3. The summed E-state index contributed by atoms with van der Waals surface area (Å²) >= 11 is 0. The van der Waals surface area contributed by atoms with Crippen molar-refractivity contribution in [1.82, 2.24) is 0 Å². The zero-order valence-electron chi connectivity index (χ0n) is 24.0. The maximum absolute atomic E-state index is 12.0. The highest BCUT2D eigenvalue weighted by Crippen LogP contribution is 2.62. The van der Waals surface area contributed by atoms with Crippen molar-refractivity contribution in [2.75, 3.05) is 13.2 Å². The van der Waals surface area contributed by atoms with Crippen LogP contribution in [-0.4, -0.2) is 52.5 Å². The molecule has 0 unspecified atom stereocenters. The number of rotatable bonds is 12. The molecule has 0 radical (unpaired) electrons. The molecule has 212 valence electrons. The molecule has 6 heteroatoms. The Bertz CT molecular complexity index is 978. The van der Waals surface area contributed by atoms with Crippen LogP contribution in [0.2, 0.25) is 0 Å². The Balaban J connectivity index is 2.44. The molecule has 0 aromatic carbocycles. The van der Waals surface area contributed by atoms with E-state index in [1.807, 2.05) is 18.2 Å². The lowest BCUT2D eigenvalue weighted by atomic mass is 9.52. The molecule has 2 aliphatic rings. The van der Waals surface area contributed by atoms with E-state index in [2.05, 4.69) is 26.5 Å². The van der Waals surface area contributed by atoms with E-state index in [9.17, 15) is 24.9 Å². The lowest BCUT2D eigenvalue weighted by Gasteiger charge is -2.55. The van der Waals surface area contributed by atoms with Crippen molar-refractivity contribution in [3.8, 4) is 0 Å². The third-order valence-corrected chi connectivity index (χ3v) is 8.62. The first kappa shape index (κ1) is 31.9. The number of esters is 1. The van der Waals surface area contributed by atoms with Gasteiger partial charge in [0.05, 0.1) is 11.7 Å². The Hall–Kier alpha value is -2.28. The molecule has 2 rings (SSSR count). The van der Waals surface area contributed by atoms with Gasteiger partial charge in [-0.15, -0.1) is 0 Å². The van der Waals surface area contributed by atoms with Gasteiger partial charge in [0.25, 0.3) is 0 Å². The van der Waals surface area contributed by atoms with E-state index in [1.165, 1.54) is 12.5 Å². The lowest BCUT2D eigenvalue weighted by molar-refractivity contribution is -0.168. The Kier molecular flexibility index (Phi) is 11.9. The second-order valence-electron chi connectivity index (χ2n) is 11.5. The van der Waals surface area contributed by atoms with Crippen LogP contribution in [0.4, 0.5) is 0 Å². The van der Waals surface area contributed by atoms with Crippen molar-refractivity contribution in [2.24, 2.45) is 17.3 Å². The lowest BCUT2D eigenvalue weighted by Crippen LogP contribution is -2.59. The minimum Gasteiger partial charge on any atom is -0.461 e. The third-order valence-electron chi connectivity index (χ3n) is 8.62. The number of aldehydes is 1. The van der Waals surface area contributed by atoms with E-state index >= 15 is 0 Å². The number of carbonyl (C=O) groups is 2. The fourth-order valence-corrected chi connectivity index (χ4v) is 6.56. The van der Waals surface area contributed by atoms with Crippen LogP contribution in [-0.2, 0) is 14.3 Å². The molecule has 0 saturated heterocycles. The molecule has 2 fully saturated rings. The molecule has 0 bridgehead atoms. The summed E-state index contributed by atoms with van der Waals surface area (Å²) in [5.41, 5.74) is 2.62. The molecule has 0 aromatic heterocycles. The first-order valence-corrected chi connectivity index (χ1v) is 13.9. The van der Waals surface area contributed by atoms with Gasteiger partial charge in [-0.3, -0.25) is 9.59 Å². The number of allylic oxidation sites excluding steroid dienone is 8. The van der Waals surface area contributed by atoms with Crippen LogP contribution < -0.4 is 0 Å². The van der Waals surface area contributed by atoms with E-state index in [-0.39, 0.29) is 25.0 Å². The number of hydrogen-bond donors (Lipinski definition) is 3. The molecule has 0 heterocycles. The molecule has 6 nitrogen and oxygen atoms in total. The predicted molar refractivity (Wildman–Crippen MR) is 151 cm³/mol. The second-order valence-corrected chi connectivity index (χ2v) is 11.5. The van der Waals surface area contributed by atoms with Gasteiger partial charge in [-0.2, -0.15) is 0 Å². The number of aliphatic hydroxyl groups excluding tert-OH is 2. The minimum absolute atomic E-state index is 0.00155. The van der Waals surface area contributed by atoms with Gasteiger partial charge < -0.3 is 20.1 Å². The summed E-state index contributed by atoms with van der Waals surface area (Å²) in [6.07, 6.45) is 12.9. The Morgan fingerprint density at radius 1 is 1.21 bits per heavy atom. The smallest absolute Gasteiger partial charge is 0.302 e. The number of ether oxygens (including phenoxy) is 1. The summed E-state index contributed by atoms with van der Waals surface area (Å²) < 4.78 is 5.38. The standard InChI is InChI=1S/C32H48O6/c1-22(2)10-7-11-23(3)12-8-13-26(21-38-25(5)35)28-16-18-32(30(28)36)29(14-9-19-33)27(24(4)20-34)15-17-31(32,6)37/h8,10,12-13,20,28-30,33,36-37H,3,7,9,11,14-19,21H2,1-2,4-6H3/b12-8+,26-13-,27-24+/t28-,29+,30+,31+,32-/m0/s1. The first-order valence-electron chi connectivity index (χ1n) is 13.9. The molecule has 2 aliphatic carbocycles. The van der Waals surface area contributed by atoms with Gasteiger partial charge in [-0.25, -0.2) is 0 Å². The third kappa shape index (κ3) is 7.43. The average Bonchev–Trinajstić information content (AvgIpc) is 3.19. The van der Waals surface area contributed by atoms with Crippen molar-refractivity contribution < 1.29 is 29.6 Å². The fraction of sp³-hybridized carbons (Fsp3) is 0.625. The topological polar surface area (TPSA) is 104 Å². The van der Waals surface area contributed by atoms with E-state index in [0.29, 0.717) is 44.1 Å². The molecular weight excluding hydrogens is 480 g/mol. The van der Waals surface area contributed by atoms with Gasteiger partial charge in [0.1, 0.15) is 12.9 Å². The summed E-state index contributed by atoms with van der Waals surface area (Å²) in [5, 5.41) is 33.4. The zero-order chi connectivity index (χ0) is 28.5. The summed E-state index contributed by atoms with van der Waals surface area (Å²) in [7, 11) is 0. The van der Waals surface area contributed by atoms with Crippen LogP contribution in [0.1, 0.15) is 86.0 Å². The quantitative estimate of drug-likeness (QED) is 0.101. The molecular formula is C32H48O6. The molecule has 38 heavy (non-hydrogen) atoms. The highest BCUT2D eigenvalue weighted by molar-refractivity contribution is 5.74. The van der Waals surface area contributed by atoms with Crippen LogP contribution in [0.5, 0.6) is 0 Å². The summed E-state index contributed by atoms with van der Waals surface area (Å²) in [6, 6.07) is 0. The van der Waals surface area contributed by atoms with Crippen molar-refractivity contribution in [3.05, 3.63) is 58.7 Å². The highest BCUT2D eigenvalue weighted by atomic mass is 16.5. The van der Waals surface area contributed by atoms with Gasteiger partial charge in [-0.1, -0.05) is 47.6 Å². The predicted octanol–water partition coefficient (Wildman–Crippen LogP) is 5.54. The molecule has 0 aliphatic heterocycles. The van der Waals surface area contributed by atoms with Gasteiger partial charge in [0.15, 0.2) is 0 Å².